The van der Waals surface area contributed by atoms with E-state index in [-0.39, 0.29) is 5.69 Å². The minimum absolute atomic E-state index is 0.143. The molecule has 1 amide bonds. The molecule has 0 atom stereocenters. The molecule has 4 heteroatoms. The standard InChI is InChI=1S/C19H22FNO2/c1-19(2,3)23-18(22)21-17-13-15(11-12-16(17)20)10-9-14-7-5-4-6-8-14/h4-8,11-13H,9-10H2,1-3H3,(H,21,22). The van der Waals surface area contributed by atoms with Crippen LogP contribution in [0.25, 0.3) is 0 Å². The van der Waals surface area contributed by atoms with E-state index < -0.39 is 17.5 Å². The molecule has 1 N–H and O–H groups in total. The molecular formula is C19H22FNO2. The van der Waals surface area contributed by atoms with E-state index in [0.717, 1.165) is 18.4 Å². The van der Waals surface area contributed by atoms with E-state index in [1.165, 1.54) is 11.6 Å². The number of aryl methyl sites for hydroxylation is 2. The van der Waals surface area contributed by atoms with Gasteiger partial charge >= 0.3 is 6.09 Å². The van der Waals surface area contributed by atoms with Crippen molar-refractivity contribution in [2.45, 2.75) is 39.2 Å². The van der Waals surface area contributed by atoms with Gasteiger partial charge in [0.15, 0.2) is 0 Å². The van der Waals surface area contributed by atoms with Gasteiger partial charge < -0.3 is 4.74 Å². The Morgan fingerprint density at radius 2 is 1.70 bits per heavy atom. The second kappa shape index (κ2) is 7.27. The topological polar surface area (TPSA) is 38.3 Å². The predicted octanol–water partition coefficient (Wildman–Crippen LogP) is 4.96. The SMILES string of the molecule is CC(C)(C)OC(=O)Nc1cc(CCc2ccccc2)ccc1F. The first-order chi connectivity index (χ1) is 10.8. The van der Waals surface area contributed by atoms with E-state index in [1.54, 1.807) is 32.9 Å². The maximum atomic E-state index is 13.9. The number of anilines is 1. The average Bonchev–Trinajstić information content (AvgIpc) is 2.47. The second-order valence-corrected chi connectivity index (χ2v) is 6.43. The maximum Gasteiger partial charge on any atom is 0.412 e. The summed E-state index contributed by atoms with van der Waals surface area (Å²) in [6.07, 6.45) is 0.975. The van der Waals surface area contributed by atoms with Crippen LogP contribution in [-0.4, -0.2) is 11.7 Å². The van der Waals surface area contributed by atoms with Gasteiger partial charge in [0.1, 0.15) is 11.4 Å². The van der Waals surface area contributed by atoms with Crippen LogP contribution >= 0.6 is 0 Å². The molecule has 0 aliphatic heterocycles. The molecule has 0 radical (unpaired) electrons. The molecule has 3 nitrogen and oxygen atoms in total. The molecule has 2 aromatic carbocycles. The van der Waals surface area contributed by atoms with Crippen LogP contribution in [0.2, 0.25) is 0 Å². The normalized spacial score (nSPS) is 11.1. The van der Waals surface area contributed by atoms with Crippen molar-refractivity contribution in [3.8, 4) is 0 Å². The number of hydrogen-bond acceptors (Lipinski definition) is 2. The molecule has 0 bridgehead atoms. The van der Waals surface area contributed by atoms with Gasteiger partial charge in [0.2, 0.25) is 0 Å². The van der Waals surface area contributed by atoms with Gasteiger partial charge in [-0.3, -0.25) is 5.32 Å². The fraction of sp³-hybridized carbons (Fsp3) is 0.316. The molecule has 0 spiro atoms. The summed E-state index contributed by atoms with van der Waals surface area (Å²) in [5.41, 5.74) is 1.70. The van der Waals surface area contributed by atoms with E-state index >= 15 is 0 Å². The third-order valence-corrected chi connectivity index (χ3v) is 3.21. The van der Waals surface area contributed by atoms with Crippen molar-refractivity contribution >= 4 is 11.8 Å². The Morgan fingerprint density at radius 1 is 1.04 bits per heavy atom. The number of nitrogens with one attached hydrogen (secondary N) is 1. The van der Waals surface area contributed by atoms with Gasteiger partial charge in [-0.05, 0) is 56.9 Å². The summed E-state index contributed by atoms with van der Waals surface area (Å²) in [6.45, 7) is 5.29. The second-order valence-electron chi connectivity index (χ2n) is 6.43. The lowest BCUT2D eigenvalue weighted by molar-refractivity contribution is 0.0635. The highest BCUT2D eigenvalue weighted by molar-refractivity contribution is 5.85. The summed E-state index contributed by atoms with van der Waals surface area (Å²) >= 11 is 0. The summed E-state index contributed by atoms with van der Waals surface area (Å²) in [6, 6.07) is 14.8. The Bertz CT molecular complexity index is 663. The number of carbonyl (C=O) groups is 1. The molecule has 2 aromatic rings. The van der Waals surface area contributed by atoms with Gasteiger partial charge in [-0.15, -0.1) is 0 Å². The van der Waals surface area contributed by atoms with E-state index in [2.05, 4.69) is 17.4 Å². The molecule has 0 aliphatic carbocycles. The Morgan fingerprint density at radius 3 is 2.35 bits per heavy atom. The Hall–Kier alpha value is -2.36. The monoisotopic (exact) mass is 315 g/mol. The first-order valence-corrected chi connectivity index (χ1v) is 7.66. The van der Waals surface area contributed by atoms with Crippen LogP contribution in [0.3, 0.4) is 0 Å². The zero-order valence-electron chi connectivity index (χ0n) is 13.7. The maximum absolute atomic E-state index is 13.9. The molecule has 0 unspecified atom stereocenters. The fourth-order valence-electron chi connectivity index (χ4n) is 2.17. The number of benzene rings is 2. The minimum atomic E-state index is -0.656. The van der Waals surface area contributed by atoms with Gasteiger partial charge in [-0.25, -0.2) is 9.18 Å². The predicted molar refractivity (Wildman–Crippen MR) is 90.1 cm³/mol. The van der Waals surface area contributed by atoms with E-state index in [9.17, 15) is 9.18 Å². The molecule has 122 valence electrons. The van der Waals surface area contributed by atoms with Crippen molar-refractivity contribution < 1.29 is 13.9 Å². The summed E-state index contributed by atoms with van der Waals surface area (Å²) in [7, 11) is 0. The number of halogens is 1. The molecule has 0 saturated heterocycles. The number of ether oxygens (including phenoxy) is 1. The Labute approximate surface area is 136 Å². The van der Waals surface area contributed by atoms with Crippen molar-refractivity contribution in [2.75, 3.05) is 5.32 Å². The smallest absolute Gasteiger partial charge is 0.412 e. The number of hydrogen-bond donors (Lipinski definition) is 1. The van der Waals surface area contributed by atoms with Gasteiger partial charge in [-0.1, -0.05) is 36.4 Å². The van der Waals surface area contributed by atoms with Crippen LogP contribution in [0.1, 0.15) is 31.9 Å². The molecule has 2 rings (SSSR count). The number of carbonyl (C=O) groups excluding carboxylic acids is 1. The van der Waals surface area contributed by atoms with Crippen molar-refractivity contribution in [1.82, 2.24) is 0 Å². The molecule has 0 fully saturated rings. The molecule has 0 heterocycles. The van der Waals surface area contributed by atoms with Crippen LogP contribution < -0.4 is 5.32 Å². The molecule has 23 heavy (non-hydrogen) atoms. The lowest BCUT2D eigenvalue weighted by Gasteiger charge is -2.20. The van der Waals surface area contributed by atoms with Gasteiger partial charge in [0.25, 0.3) is 0 Å². The van der Waals surface area contributed by atoms with Crippen molar-refractivity contribution in [2.24, 2.45) is 0 Å². The third-order valence-electron chi connectivity index (χ3n) is 3.21. The highest BCUT2D eigenvalue weighted by Gasteiger charge is 2.17. The fourth-order valence-corrected chi connectivity index (χ4v) is 2.17. The minimum Gasteiger partial charge on any atom is -0.444 e. The Balaban J connectivity index is 2.02. The third kappa shape index (κ3) is 5.74. The summed E-state index contributed by atoms with van der Waals surface area (Å²) in [5.74, 6) is -0.473. The highest BCUT2D eigenvalue weighted by atomic mass is 19.1. The van der Waals surface area contributed by atoms with Crippen molar-refractivity contribution in [3.63, 3.8) is 0 Å². The molecule has 0 aliphatic rings. The largest absolute Gasteiger partial charge is 0.444 e. The van der Waals surface area contributed by atoms with Gasteiger partial charge in [-0.2, -0.15) is 0 Å². The zero-order valence-corrected chi connectivity index (χ0v) is 13.7. The summed E-state index contributed by atoms with van der Waals surface area (Å²) in [5, 5.41) is 2.47. The highest BCUT2D eigenvalue weighted by Crippen LogP contribution is 2.19. The van der Waals surface area contributed by atoms with Crippen molar-refractivity contribution in [1.29, 1.82) is 0 Å². The van der Waals surface area contributed by atoms with E-state index in [1.807, 2.05) is 18.2 Å². The zero-order chi connectivity index (χ0) is 16.9. The number of amides is 1. The van der Waals surface area contributed by atoms with Crippen LogP contribution in [0.15, 0.2) is 48.5 Å². The van der Waals surface area contributed by atoms with Crippen LogP contribution in [-0.2, 0) is 17.6 Å². The lowest BCUT2D eigenvalue weighted by Crippen LogP contribution is -2.27. The van der Waals surface area contributed by atoms with E-state index in [4.69, 9.17) is 4.74 Å². The molecule has 0 aromatic heterocycles. The molecule has 0 saturated carbocycles. The Kier molecular flexibility index (Phi) is 5.37. The summed E-state index contributed by atoms with van der Waals surface area (Å²) < 4.78 is 19.0. The average molecular weight is 315 g/mol. The van der Waals surface area contributed by atoms with Gasteiger partial charge in [0, 0.05) is 0 Å². The quantitative estimate of drug-likeness (QED) is 0.866. The first-order valence-electron chi connectivity index (χ1n) is 7.66. The van der Waals surface area contributed by atoms with Crippen molar-refractivity contribution in [3.05, 3.63) is 65.5 Å². The van der Waals surface area contributed by atoms with Gasteiger partial charge in [0.05, 0.1) is 5.69 Å². The summed E-state index contributed by atoms with van der Waals surface area (Å²) in [4.78, 5) is 11.8. The van der Waals surface area contributed by atoms with Crippen LogP contribution in [0, 0.1) is 5.82 Å². The lowest BCUT2D eigenvalue weighted by atomic mass is 10.0. The first kappa shape index (κ1) is 17.0. The van der Waals surface area contributed by atoms with Crippen LogP contribution in [0.4, 0.5) is 14.9 Å². The van der Waals surface area contributed by atoms with Crippen LogP contribution in [0.5, 0.6) is 0 Å². The van der Waals surface area contributed by atoms with E-state index in [0.29, 0.717) is 0 Å². The number of rotatable bonds is 4. The molecular weight excluding hydrogens is 293 g/mol.